The first-order valence-electron chi connectivity index (χ1n) is 8.63. The van der Waals surface area contributed by atoms with Crippen LogP contribution < -0.4 is 14.8 Å². The van der Waals surface area contributed by atoms with Crippen LogP contribution in [0.25, 0.3) is 0 Å². The third-order valence-electron chi connectivity index (χ3n) is 4.14. The van der Waals surface area contributed by atoms with Gasteiger partial charge >= 0.3 is 0 Å². The molecule has 0 heterocycles. The lowest BCUT2D eigenvalue weighted by Gasteiger charge is -2.13. The largest absolute Gasteiger partial charge is 0.497 e. The van der Waals surface area contributed by atoms with Gasteiger partial charge in [0.05, 0.1) is 17.7 Å². The van der Waals surface area contributed by atoms with Gasteiger partial charge < -0.3 is 10.1 Å². The fraction of sp³-hybridized carbons (Fsp3) is 0.0952. The highest BCUT2D eigenvalue weighted by Crippen LogP contribution is 2.25. The number of sulfonamides is 1. The molecule has 0 aromatic heterocycles. The maximum Gasteiger partial charge on any atom is 0.262 e. The van der Waals surface area contributed by atoms with Crippen LogP contribution in [0.15, 0.2) is 71.6 Å². The minimum absolute atomic E-state index is 0.0564. The van der Waals surface area contributed by atoms with Crippen molar-refractivity contribution in [1.29, 1.82) is 0 Å². The second kappa shape index (κ2) is 8.55. The van der Waals surface area contributed by atoms with Crippen molar-refractivity contribution in [3.05, 3.63) is 82.9 Å². The molecule has 150 valence electrons. The van der Waals surface area contributed by atoms with Gasteiger partial charge in [0.25, 0.3) is 15.9 Å². The second-order valence-corrected chi connectivity index (χ2v) is 8.37. The molecule has 0 atom stereocenters. The summed E-state index contributed by atoms with van der Waals surface area (Å²) in [4.78, 5) is 12.6. The lowest BCUT2D eigenvalue weighted by molar-refractivity contribution is 0.102. The van der Waals surface area contributed by atoms with Crippen LogP contribution >= 0.6 is 11.6 Å². The highest BCUT2D eigenvalue weighted by molar-refractivity contribution is 7.92. The Balaban J connectivity index is 1.86. The average molecular weight is 431 g/mol. The van der Waals surface area contributed by atoms with Crippen molar-refractivity contribution in [2.24, 2.45) is 0 Å². The average Bonchev–Trinajstić information content (AvgIpc) is 2.69. The first kappa shape index (κ1) is 20.7. The number of hydrogen-bond donors (Lipinski definition) is 2. The number of nitrogens with one attached hydrogen (secondary N) is 2. The van der Waals surface area contributed by atoms with Gasteiger partial charge in [0.1, 0.15) is 5.75 Å². The van der Waals surface area contributed by atoms with Gasteiger partial charge in [0.2, 0.25) is 0 Å². The van der Waals surface area contributed by atoms with E-state index in [9.17, 15) is 13.2 Å². The summed E-state index contributed by atoms with van der Waals surface area (Å²) < 4.78 is 33.3. The molecule has 29 heavy (non-hydrogen) atoms. The molecule has 0 aliphatic rings. The fourth-order valence-electron chi connectivity index (χ4n) is 2.70. The first-order chi connectivity index (χ1) is 13.8. The van der Waals surface area contributed by atoms with Gasteiger partial charge in [-0.1, -0.05) is 29.8 Å². The summed E-state index contributed by atoms with van der Waals surface area (Å²) in [6, 6.07) is 17.8. The number of rotatable bonds is 6. The van der Waals surface area contributed by atoms with Gasteiger partial charge in [0.15, 0.2) is 0 Å². The van der Waals surface area contributed by atoms with E-state index in [-0.39, 0.29) is 10.8 Å². The van der Waals surface area contributed by atoms with E-state index in [0.29, 0.717) is 33.3 Å². The number of carbonyl (C=O) groups is 1. The number of aryl methyl sites for hydroxylation is 1. The molecule has 2 N–H and O–H groups in total. The van der Waals surface area contributed by atoms with Gasteiger partial charge in [-0.2, -0.15) is 0 Å². The number of amides is 1. The van der Waals surface area contributed by atoms with Crippen LogP contribution in [0.2, 0.25) is 5.02 Å². The van der Waals surface area contributed by atoms with E-state index in [1.807, 2.05) is 0 Å². The van der Waals surface area contributed by atoms with Crippen LogP contribution in [0.1, 0.15) is 15.9 Å². The molecule has 3 rings (SSSR count). The Hall–Kier alpha value is -3.03. The van der Waals surface area contributed by atoms with Gasteiger partial charge in [0, 0.05) is 16.3 Å². The van der Waals surface area contributed by atoms with E-state index in [1.165, 1.54) is 19.2 Å². The van der Waals surface area contributed by atoms with Gasteiger partial charge in [-0.3, -0.25) is 9.52 Å². The summed E-state index contributed by atoms with van der Waals surface area (Å²) in [7, 11) is -2.36. The fourth-order valence-corrected chi connectivity index (χ4v) is 4.21. The topological polar surface area (TPSA) is 84.5 Å². The zero-order valence-electron chi connectivity index (χ0n) is 15.8. The number of anilines is 2. The van der Waals surface area contributed by atoms with E-state index in [2.05, 4.69) is 10.0 Å². The Morgan fingerprint density at radius 1 is 0.966 bits per heavy atom. The molecule has 8 heteroatoms. The molecule has 0 aliphatic carbocycles. The summed E-state index contributed by atoms with van der Waals surface area (Å²) in [5.74, 6) is 0.175. The van der Waals surface area contributed by atoms with E-state index in [4.69, 9.17) is 16.3 Å². The predicted octanol–water partition coefficient (Wildman–Crippen LogP) is 4.71. The predicted molar refractivity (Wildman–Crippen MR) is 114 cm³/mol. The van der Waals surface area contributed by atoms with Crippen LogP contribution in [-0.4, -0.2) is 21.4 Å². The molecule has 0 fully saturated rings. The highest BCUT2D eigenvalue weighted by Gasteiger charge is 2.19. The zero-order valence-corrected chi connectivity index (χ0v) is 17.3. The number of benzene rings is 3. The Morgan fingerprint density at radius 3 is 2.45 bits per heavy atom. The molecule has 0 saturated carbocycles. The summed E-state index contributed by atoms with van der Waals surface area (Å²) in [6.07, 6.45) is 0. The minimum atomic E-state index is -3.87. The SMILES string of the molecule is COc1cccc(C(=O)Nc2ccc(C)c(S(=O)(=O)Nc3cccc(Cl)c3)c2)c1. The van der Waals surface area contributed by atoms with E-state index in [1.54, 1.807) is 61.5 Å². The van der Waals surface area contributed by atoms with E-state index < -0.39 is 10.0 Å². The number of hydrogen-bond acceptors (Lipinski definition) is 4. The first-order valence-corrected chi connectivity index (χ1v) is 10.5. The Labute approximate surface area is 174 Å². The highest BCUT2D eigenvalue weighted by atomic mass is 35.5. The van der Waals surface area contributed by atoms with Crippen molar-refractivity contribution in [1.82, 2.24) is 0 Å². The van der Waals surface area contributed by atoms with Crippen LogP contribution in [-0.2, 0) is 10.0 Å². The zero-order chi connectivity index (χ0) is 21.0. The smallest absolute Gasteiger partial charge is 0.262 e. The molecule has 0 unspecified atom stereocenters. The molecular weight excluding hydrogens is 412 g/mol. The maximum absolute atomic E-state index is 12.8. The maximum atomic E-state index is 12.8. The van der Waals surface area contributed by atoms with Crippen LogP contribution in [0.3, 0.4) is 0 Å². The minimum Gasteiger partial charge on any atom is -0.497 e. The lowest BCUT2D eigenvalue weighted by atomic mass is 10.2. The normalized spacial score (nSPS) is 11.0. The Bertz CT molecular complexity index is 1160. The molecule has 0 aliphatic heterocycles. The number of halogens is 1. The molecule has 1 amide bonds. The monoisotopic (exact) mass is 430 g/mol. The summed E-state index contributed by atoms with van der Waals surface area (Å²) >= 11 is 5.92. The molecule has 0 radical (unpaired) electrons. The molecule has 0 saturated heterocycles. The van der Waals surface area contributed by atoms with Crippen molar-refractivity contribution in [3.63, 3.8) is 0 Å². The Kier molecular flexibility index (Phi) is 6.10. The molecule has 3 aromatic rings. The van der Waals surface area contributed by atoms with Gasteiger partial charge in [-0.25, -0.2) is 8.42 Å². The summed E-state index contributed by atoms with van der Waals surface area (Å²) in [6.45, 7) is 1.68. The summed E-state index contributed by atoms with van der Waals surface area (Å²) in [5.41, 5.74) is 1.64. The molecule has 0 bridgehead atoms. The van der Waals surface area contributed by atoms with E-state index >= 15 is 0 Å². The molecule has 6 nitrogen and oxygen atoms in total. The summed E-state index contributed by atoms with van der Waals surface area (Å²) in [5, 5.41) is 3.13. The van der Waals surface area contributed by atoms with Gasteiger partial charge in [-0.15, -0.1) is 0 Å². The Morgan fingerprint density at radius 2 is 1.72 bits per heavy atom. The number of ether oxygens (including phenoxy) is 1. The lowest BCUT2D eigenvalue weighted by Crippen LogP contribution is -2.16. The van der Waals surface area contributed by atoms with Crippen molar-refractivity contribution in [2.45, 2.75) is 11.8 Å². The number of methoxy groups -OCH3 is 1. The quantitative estimate of drug-likeness (QED) is 0.593. The standard InChI is InChI=1S/C21H19ClN2O4S/c1-14-9-10-17(23-21(25)15-5-3-8-19(11-15)28-2)13-20(14)29(26,27)24-18-7-4-6-16(22)12-18/h3-13,24H,1-2H3,(H,23,25). The third kappa shape index (κ3) is 5.07. The van der Waals surface area contributed by atoms with Gasteiger partial charge in [-0.05, 0) is 61.0 Å². The number of carbonyl (C=O) groups excluding carboxylic acids is 1. The third-order valence-corrected chi connectivity index (χ3v) is 5.90. The van der Waals surface area contributed by atoms with Crippen LogP contribution in [0.4, 0.5) is 11.4 Å². The van der Waals surface area contributed by atoms with Crippen molar-refractivity contribution in [2.75, 3.05) is 17.1 Å². The second-order valence-electron chi connectivity index (χ2n) is 6.28. The molecular formula is C21H19ClN2O4S. The van der Waals surface area contributed by atoms with Crippen molar-refractivity contribution >= 4 is 38.9 Å². The molecule has 0 spiro atoms. The van der Waals surface area contributed by atoms with Crippen molar-refractivity contribution < 1.29 is 17.9 Å². The molecule has 3 aromatic carbocycles. The van der Waals surface area contributed by atoms with Crippen LogP contribution in [0, 0.1) is 6.92 Å². The van der Waals surface area contributed by atoms with Crippen molar-refractivity contribution in [3.8, 4) is 5.75 Å². The van der Waals surface area contributed by atoms with Crippen LogP contribution in [0.5, 0.6) is 5.75 Å². The van der Waals surface area contributed by atoms with E-state index in [0.717, 1.165) is 0 Å².